The van der Waals surface area contributed by atoms with Crippen molar-refractivity contribution < 1.29 is 17.9 Å². The van der Waals surface area contributed by atoms with E-state index < -0.39 is 11.7 Å². The van der Waals surface area contributed by atoms with Crippen molar-refractivity contribution in [3.63, 3.8) is 0 Å². The summed E-state index contributed by atoms with van der Waals surface area (Å²) >= 11 is 0. The SMILES string of the molecule is CO[C@H]1CCN(Cc2ccc(N)cc2C(F)(F)F)C1. The maximum absolute atomic E-state index is 12.9. The quantitative estimate of drug-likeness (QED) is 0.861. The molecule has 0 aliphatic carbocycles. The van der Waals surface area contributed by atoms with Gasteiger partial charge in [0.05, 0.1) is 11.7 Å². The number of ether oxygens (including phenoxy) is 1. The Morgan fingerprint density at radius 2 is 2.16 bits per heavy atom. The highest BCUT2D eigenvalue weighted by atomic mass is 19.4. The molecule has 1 aliphatic rings. The van der Waals surface area contributed by atoms with Crippen LogP contribution in [0.3, 0.4) is 0 Å². The third-order valence-corrected chi connectivity index (χ3v) is 3.40. The average molecular weight is 274 g/mol. The van der Waals surface area contributed by atoms with Gasteiger partial charge in [-0.1, -0.05) is 6.07 Å². The number of nitrogen functional groups attached to an aromatic ring is 1. The largest absolute Gasteiger partial charge is 0.416 e. The Morgan fingerprint density at radius 1 is 1.42 bits per heavy atom. The average Bonchev–Trinajstić information content (AvgIpc) is 2.78. The van der Waals surface area contributed by atoms with E-state index >= 15 is 0 Å². The van der Waals surface area contributed by atoms with E-state index in [1.54, 1.807) is 7.11 Å². The summed E-state index contributed by atoms with van der Waals surface area (Å²) in [5.74, 6) is 0. The third kappa shape index (κ3) is 3.39. The van der Waals surface area contributed by atoms with Gasteiger partial charge in [0, 0.05) is 32.4 Å². The van der Waals surface area contributed by atoms with Crippen molar-refractivity contribution in [2.75, 3.05) is 25.9 Å². The molecule has 1 aromatic rings. The fraction of sp³-hybridized carbons (Fsp3) is 0.538. The Bertz CT molecular complexity index is 448. The van der Waals surface area contributed by atoms with E-state index in [9.17, 15) is 13.2 Å². The molecule has 0 aromatic heterocycles. The molecule has 19 heavy (non-hydrogen) atoms. The van der Waals surface area contributed by atoms with Gasteiger partial charge in [0.15, 0.2) is 0 Å². The first-order chi connectivity index (χ1) is 8.90. The van der Waals surface area contributed by atoms with Crippen LogP contribution in [0.5, 0.6) is 0 Å². The van der Waals surface area contributed by atoms with Crippen LogP contribution in [0, 0.1) is 0 Å². The van der Waals surface area contributed by atoms with Gasteiger partial charge in [-0.3, -0.25) is 4.90 Å². The second kappa shape index (κ2) is 5.38. The molecule has 2 N–H and O–H groups in total. The van der Waals surface area contributed by atoms with Gasteiger partial charge in [-0.15, -0.1) is 0 Å². The Kier molecular flexibility index (Phi) is 4.01. The molecular weight excluding hydrogens is 257 g/mol. The van der Waals surface area contributed by atoms with Gasteiger partial charge in [0.25, 0.3) is 0 Å². The zero-order valence-corrected chi connectivity index (χ0v) is 10.7. The zero-order chi connectivity index (χ0) is 14.0. The van der Waals surface area contributed by atoms with Gasteiger partial charge >= 0.3 is 6.18 Å². The summed E-state index contributed by atoms with van der Waals surface area (Å²) < 4.78 is 44.1. The number of hydrogen-bond donors (Lipinski definition) is 1. The smallest absolute Gasteiger partial charge is 0.399 e. The molecule has 0 spiro atoms. The number of rotatable bonds is 3. The molecule has 0 bridgehead atoms. The van der Waals surface area contributed by atoms with E-state index in [4.69, 9.17) is 10.5 Å². The van der Waals surface area contributed by atoms with Crippen molar-refractivity contribution in [1.29, 1.82) is 0 Å². The number of hydrogen-bond acceptors (Lipinski definition) is 3. The monoisotopic (exact) mass is 274 g/mol. The molecule has 0 radical (unpaired) electrons. The van der Waals surface area contributed by atoms with Crippen LogP contribution in [-0.4, -0.2) is 31.2 Å². The van der Waals surface area contributed by atoms with E-state index in [1.807, 2.05) is 4.90 Å². The van der Waals surface area contributed by atoms with Gasteiger partial charge in [0.2, 0.25) is 0 Å². The maximum atomic E-state index is 12.9. The van der Waals surface area contributed by atoms with E-state index in [0.717, 1.165) is 19.0 Å². The van der Waals surface area contributed by atoms with Crippen LogP contribution >= 0.6 is 0 Å². The second-order valence-corrected chi connectivity index (χ2v) is 4.80. The number of alkyl halides is 3. The summed E-state index contributed by atoms with van der Waals surface area (Å²) in [7, 11) is 1.62. The minimum atomic E-state index is -4.37. The number of methoxy groups -OCH3 is 1. The second-order valence-electron chi connectivity index (χ2n) is 4.80. The van der Waals surface area contributed by atoms with E-state index in [-0.39, 0.29) is 23.9 Å². The van der Waals surface area contributed by atoms with Gasteiger partial charge in [-0.2, -0.15) is 13.2 Å². The molecule has 1 fully saturated rings. The first kappa shape index (κ1) is 14.1. The van der Waals surface area contributed by atoms with Crippen molar-refractivity contribution in [2.24, 2.45) is 0 Å². The summed E-state index contributed by atoms with van der Waals surface area (Å²) in [6.45, 7) is 1.69. The number of benzene rings is 1. The van der Waals surface area contributed by atoms with E-state index in [2.05, 4.69) is 0 Å². The zero-order valence-electron chi connectivity index (χ0n) is 10.7. The first-order valence-electron chi connectivity index (χ1n) is 6.11. The van der Waals surface area contributed by atoms with Crippen molar-refractivity contribution in [3.05, 3.63) is 29.3 Å². The molecule has 1 heterocycles. The van der Waals surface area contributed by atoms with E-state index in [0.29, 0.717) is 6.54 Å². The lowest BCUT2D eigenvalue weighted by Gasteiger charge is -2.19. The first-order valence-corrected chi connectivity index (χ1v) is 6.11. The van der Waals surface area contributed by atoms with Crippen molar-refractivity contribution in [2.45, 2.75) is 25.2 Å². The Hall–Kier alpha value is -1.27. The summed E-state index contributed by atoms with van der Waals surface area (Å²) in [4.78, 5) is 1.97. The van der Waals surface area contributed by atoms with Crippen molar-refractivity contribution >= 4 is 5.69 Å². The van der Waals surface area contributed by atoms with Crippen LogP contribution in [0.25, 0.3) is 0 Å². The molecule has 1 aliphatic heterocycles. The minimum absolute atomic E-state index is 0.114. The predicted octanol–water partition coefficient (Wildman–Crippen LogP) is 2.51. The van der Waals surface area contributed by atoms with Crippen LogP contribution in [0.2, 0.25) is 0 Å². The van der Waals surface area contributed by atoms with Gasteiger partial charge in [-0.05, 0) is 24.1 Å². The molecular formula is C13H17F3N2O. The molecule has 0 saturated carbocycles. The normalized spacial score (nSPS) is 20.9. The highest BCUT2D eigenvalue weighted by molar-refractivity contribution is 5.46. The van der Waals surface area contributed by atoms with Crippen LogP contribution in [0.4, 0.5) is 18.9 Å². The Balaban J connectivity index is 2.16. The lowest BCUT2D eigenvalue weighted by molar-refractivity contribution is -0.138. The highest BCUT2D eigenvalue weighted by Crippen LogP contribution is 2.34. The Morgan fingerprint density at radius 3 is 2.74 bits per heavy atom. The molecule has 1 atom stereocenters. The van der Waals surface area contributed by atoms with Gasteiger partial charge in [0.1, 0.15) is 0 Å². The molecule has 0 amide bonds. The molecule has 0 unspecified atom stereocenters. The molecule has 1 aromatic carbocycles. The minimum Gasteiger partial charge on any atom is -0.399 e. The van der Waals surface area contributed by atoms with Crippen LogP contribution in [0.15, 0.2) is 18.2 Å². The number of anilines is 1. The van der Waals surface area contributed by atoms with Crippen LogP contribution in [-0.2, 0) is 17.5 Å². The van der Waals surface area contributed by atoms with Crippen molar-refractivity contribution in [1.82, 2.24) is 4.90 Å². The maximum Gasteiger partial charge on any atom is 0.416 e. The lowest BCUT2D eigenvalue weighted by atomic mass is 10.1. The number of nitrogens with zero attached hydrogens (tertiary/aromatic N) is 1. The third-order valence-electron chi connectivity index (χ3n) is 3.40. The summed E-state index contributed by atoms with van der Waals surface area (Å²) in [5, 5.41) is 0. The van der Waals surface area contributed by atoms with Crippen LogP contribution in [0.1, 0.15) is 17.5 Å². The summed E-state index contributed by atoms with van der Waals surface area (Å²) in [6, 6.07) is 3.96. The summed E-state index contributed by atoms with van der Waals surface area (Å²) in [6.07, 6.45) is -3.40. The fourth-order valence-corrected chi connectivity index (χ4v) is 2.37. The number of halogens is 3. The molecule has 6 heteroatoms. The lowest BCUT2D eigenvalue weighted by Crippen LogP contribution is -2.24. The van der Waals surface area contributed by atoms with E-state index in [1.165, 1.54) is 12.1 Å². The predicted molar refractivity (Wildman–Crippen MR) is 66.5 cm³/mol. The van der Waals surface area contributed by atoms with Gasteiger partial charge in [-0.25, -0.2) is 0 Å². The number of nitrogens with two attached hydrogens (primary N) is 1. The molecule has 3 nitrogen and oxygen atoms in total. The highest BCUT2D eigenvalue weighted by Gasteiger charge is 2.34. The van der Waals surface area contributed by atoms with Crippen LogP contribution < -0.4 is 5.73 Å². The molecule has 2 rings (SSSR count). The summed E-state index contributed by atoms with van der Waals surface area (Å²) in [5.41, 5.74) is 5.19. The Labute approximate surface area is 110 Å². The fourth-order valence-electron chi connectivity index (χ4n) is 2.37. The molecule has 106 valence electrons. The molecule has 1 saturated heterocycles. The topological polar surface area (TPSA) is 38.5 Å². The van der Waals surface area contributed by atoms with Crippen molar-refractivity contribution in [3.8, 4) is 0 Å². The standard InChI is InChI=1S/C13H17F3N2O/c1-19-11-4-5-18(8-11)7-9-2-3-10(17)6-12(9)13(14,15)16/h2-3,6,11H,4-5,7-8,17H2,1H3/t11-/m0/s1. The number of likely N-dealkylation sites (tertiary alicyclic amines) is 1. The van der Waals surface area contributed by atoms with Gasteiger partial charge < -0.3 is 10.5 Å².